The van der Waals surface area contributed by atoms with Crippen LogP contribution in [0.15, 0.2) is 36.7 Å². The summed E-state index contributed by atoms with van der Waals surface area (Å²) in [6.07, 6.45) is 20.4. The van der Waals surface area contributed by atoms with Gasteiger partial charge < -0.3 is 9.84 Å². The van der Waals surface area contributed by atoms with Gasteiger partial charge in [-0.1, -0.05) is 56.9 Å². The topological polar surface area (TPSA) is 64.3 Å². The molecule has 5 heteroatoms. The second-order valence-corrected chi connectivity index (χ2v) is 9.23. The van der Waals surface area contributed by atoms with Crippen molar-refractivity contribution >= 4 is 12.0 Å². The Balaban J connectivity index is 1.71. The third-order valence-corrected chi connectivity index (χ3v) is 6.69. The van der Waals surface area contributed by atoms with E-state index in [1.807, 2.05) is 12.3 Å². The number of unbranched alkanes of at least 4 members (excludes halogenated alkanes) is 5. The van der Waals surface area contributed by atoms with E-state index in [9.17, 15) is 9.90 Å². The monoisotopic (exact) mass is 452 g/mol. The highest BCUT2D eigenvalue weighted by molar-refractivity contribution is 5.69. The largest absolute Gasteiger partial charge is 0.469 e. The molecule has 1 aromatic heterocycles. The SMILES string of the molecule is CCCCCCC/C=C/c1cc(-c2cnn(C3CCC3)c2)ccc1C(O)CCCC(=O)OC. The lowest BCUT2D eigenvalue weighted by Gasteiger charge is -2.25. The number of aromatic nitrogens is 2. The molecule has 0 amide bonds. The third kappa shape index (κ3) is 7.56. The van der Waals surface area contributed by atoms with E-state index in [2.05, 4.69) is 47.2 Å². The molecule has 1 heterocycles. The number of aliphatic hydroxyl groups excluding tert-OH is 1. The van der Waals surface area contributed by atoms with Crippen LogP contribution in [0.1, 0.15) is 107 Å². The van der Waals surface area contributed by atoms with Crippen LogP contribution in [0, 0.1) is 0 Å². The summed E-state index contributed by atoms with van der Waals surface area (Å²) < 4.78 is 6.82. The van der Waals surface area contributed by atoms with Crippen LogP contribution >= 0.6 is 0 Å². The molecule has 1 atom stereocenters. The van der Waals surface area contributed by atoms with Gasteiger partial charge in [-0.3, -0.25) is 9.48 Å². The van der Waals surface area contributed by atoms with Crippen molar-refractivity contribution in [3.63, 3.8) is 0 Å². The molecular formula is C28H40N2O3. The smallest absolute Gasteiger partial charge is 0.305 e. The molecule has 1 aliphatic rings. The second kappa shape index (κ2) is 13.3. The number of rotatable bonds is 14. The molecule has 1 unspecified atom stereocenters. The predicted molar refractivity (Wildman–Crippen MR) is 134 cm³/mol. The minimum Gasteiger partial charge on any atom is -0.469 e. The van der Waals surface area contributed by atoms with Gasteiger partial charge in [-0.15, -0.1) is 0 Å². The van der Waals surface area contributed by atoms with Crippen LogP contribution in [0.4, 0.5) is 0 Å². The lowest BCUT2D eigenvalue weighted by Crippen LogP contribution is -2.16. The van der Waals surface area contributed by atoms with Gasteiger partial charge in [0.15, 0.2) is 0 Å². The van der Waals surface area contributed by atoms with Gasteiger partial charge >= 0.3 is 5.97 Å². The van der Waals surface area contributed by atoms with Crippen molar-refractivity contribution < 1.29 is 14.6 Å². The van der Waals surface area contributed by atoms with Gasteiger partial charge in [-0.25, -0.2) is 0 Å². The Morgan fingerprint density at radius 2 is 2.03 bits per heavy atom. The number of allylic oxidation sites excluding steroid dienone is 1. The minimum atomic E-state index is -0.606. The average molecular weight is 453 g/mol. The van der Waals surface area contributed by atoms with E-state index < -0.39 is 6.10 Å². The predicted octanol–water partition coefficient (Wildman–Crippen LogP) is 7.03. The van der Waals surface area contributed by atoms with Gasteiger partial charge in [-0.05, 0) is 67.7 Å². The van der Waals surface area contributed by atoms with Gasteiger partial charge in [0.1, 0.15) is 0 Å². The highest BCUT2D eigenvalue weighted by Gasteiger charge is 2.20. The van der Waals surface area contributed by atoms with Gasteiger partial charge in [0.2, 0.25) is 0 Å². The zero-order chi connectivity index (χ0) is 23.5. The van der Waals surface area contributed by atoms with E-state index in [0.717, 1.165) is 28.7 Å². The number of hydrogen-bond donors (Lipinski definition) is 1. The zero-order valence-electron chi connectivity index (χ0n) is 20.3. The second-order valence-electron chi connectivity index (χ2n) is 9.23. The first-order valence-corrected chi connectivity index (χ1v) is 12.7. The molecule has 3 rings (SSSR count). The highest BCUT2D eigenvalue weighted by Crippen LogP contribution is 2.33. The van der Waals surface area contributed by atoms with Crippen molar-refractivity contribution in [3.8, 4) is 11.1 Å². The van der Waals surface area contributed by atoms with Crippen molar-refractivity contribution in [2.24, 2.45) is 0 Å². The Morgan fingerprint density at radius 3 is 2.76 bits per heavy atom. The van der Waals surface area contributed by atoms with Crippen LogP contribution in [0.3, 0.4) is 0 Å². The lowest BCUT2D eigenvalue weighted by atomic mass is 9.93. The fourth-order valence-electron chi connectivity index (χ4n) is 4.31. The maximum atomic E-state index is 11.4. The van der Waals surface area contributed by atoms with Crippen molar-refractivity contribution in [1.82, 2.24) is 9.78 Å². The quantitative estimate of drug-likeness (QED) is 0.247. The maximum absolute atomic E-state index is 11.4. The molecule has 1 aromatic carbocycles. The summed E-state index contributed by atoms with van der Waals surface area (Å²) >= 11 is 0. The molecule has 1 fully saturated rings. The Hall–Kier alpha value is -2.40. The number of carbonyl (C=O) groups excluding carboxylic acids is 1. The Bertz CT molecular complexity index is 898. The summed E-state index contributed by atoms with van der Waals surface area (Å²) in [4.78, 5) is 11.4. The molecule has 1 N–H and O–H groups in total. The van der Waals surface area contributed by atoms with Gasteiger partial charge in [-0.2, -0.15) is 5.10 Å². The van der Waals surface area contributed by atoms with Crippen LogP contribution in [0.25, 0.3) is 17.2 Å². The van der Waals surface area contributed by atoms with Crippen molar-refractivity contribution in [1.29, 1.82) is 0 Å². The average Bonchev–Trinajstić information content (AvgIpc) is 3.26. The van der Waals surface area contributed by atoms with Gasteiger partial charge in [0, 0.05) is 18.2 Å². The number of hydrogen-bond acceptors (Lipinski definition) is 4. The highest BCUT2D eigenvalue weighted by atomic mass is 16.5. The van der Waals surface area contributed by atoms with Crippen LogP contribution in [0.5, 0.6) is 0 Å². The van der Waals surface area contributed by atoms with Crippen LogP contribution in [-0.2, 0) is 9.53 Å². The summed E-state index contributed by atoms with van der Waals surface area (Å²) in [5.41, 5.74) is 4.19. The molecule has 5 nitrogen and oxygen atoms in total. The molecule has 0 aliphatic heterocycles. The van der Waals surface area contributed by atoms with Crippen molar-refractivity contribution in [2.45, 2.75) is 96.1 Å². The van der Waals surface area contributed by atoms with E-state index in [4.69, 9.17) is 4.74 Å². The summed E-state index contributed by atoms with van der Waals surface area (Å²) in [6, 6.07) is 6.80. The summed E-state index contributed by atoms with van der Waals surface area (Å²) in [5, 5.41) is 15.4. The van der Waals surface area contributed by atoms with Gasteiger partial charge in [0.05, 0.1) is 25.5 Å². The number of methoxy groups -OCH3 is 1. The summed E-state index contributed by atoms with van der Waals surface area (Å²) in [5.74, 6) is -0.232. The Kier molecular flexibility index (Phi) is 10.2. The molecule has 0 radical (unpaired) electrons. The number of esters is 1. The maximum Gasteiger partial charge on any atom is 0.305 e. The fourth-order valence-corrected chi connectivity index (χ4v) is 4.31. The number of carbonyl (C=O) groups is 1. The van der Waals surface area contributed by atoms with Gasteiger partial charge in [0.25, 0.3) is 0 Å². The van der Waals surface area contributed by atoms with E-state index in [-0.39, 0.29) is 5.97 Å². The van der Waals surface area contributed by atoms with E-state index in [1.54, 1.807) is 0 Å². The molecule has 1 saturated carbocycles. The van der Waals surface area contributed by atoms with E-state index in [1.165, 1.54) is 58.5 Å². The first-order valence-electron chi connectivity index (χ1n) is 12.7. The fraction of sp³-hybridized carbons (Fsp3) is 0.571. The summed E-state index contributed by atoms with van der Waals surface area (Å²) in [7, 11) is 1.40. The molecule has 1 aliphatic carbocycles. The lowest BCUT2D eigenvalue weighted by molar-refractivity contribution is -0.140. The zero-order valence-corrected chi connectivity index (χ0v) is 20.3. The molecule has 180 valence electrons. The normalized spacial score (nSPS) is 15.0. The molecule has 2 aromatic rings. The number of nitrogens with zero attached hydrogens (tertiary/aromatic N) is 2. The number of benzene rings is 1. The Labute approximate surface area is 198 Å². The molecule has 0 bridgehead atoms. The van der Waals surface area contributed by atoms with Crippen molar-refractivity contribution in [2.75, 3.05) is 7.11 Å². The number of aliphatic hydroxyl groups is 1. The van der Waals surface area contributed by atoms with Crippen LogP contribution in [0.2, 0.25) is 0 Å². The number of ether oxygens (including phenoxy) is 1. The molecule has 0 spiro atoms. The first-order chi connectivity index (χ1) is 16.1. The van der Waals surface area contributed by atoms with Crippen LogP contribution < -0.4 is 0 Å². The molecule has 0 saturated heterocycles. The van der Waals surface area contributed by atoms with E-state index in [0.29, 0.717) is 25.3 Å². The minimum absolute atomic E-state index is 0.232. The summed E-state index contributed by atoms with van der Waals surface area (Å²) in [6.45, 7) is 2.24. The standard InChI is InChI=1S/C28H40N2O3/c1-3-4-5-6-7-8-9-12-23-19-22(24-20-29-30(21-24)25-13-10-14-25)17-18-26(23)27(31)15-11-16-28(32)33-2/h9,12,17-21,25,27,31H,3-8,10-11,13-16H2,1-2H3/b12-9+. The van der Waals surface area contributed by atoms with Crippen LogP contribution in [-0.4, -0.2) is 28.0 Å². The Morgan fingerprint density at radius 1 is 1.21 bits per heavy atom. The van der Waals surface area contributed by atoms with E-state index >= 15 is 0 Å². The molecular weight excluding hydrogens is 412 g/mol. The van der Waals surface area contributed by atoms with Crippen molar-refractivity contribution in [3.05, 3.63) is 47.8 Å². The first kappa shape index (κ1) is 25.2. The molecule has 33 heavy (non-hydrogen) atoms. The third-order valence-electron chi connectivity index (χ3n) is 6.69.